The van der Waals surface area contributed by atoms with Crippen molar-refractivity contribution in [2.45, 2.75) is 24.5 Å². The zero-order valence-electron chi connectivity index (χ0n) is 13.0. The third-order valence-corrected chi connectivity index (χ3v) is 6.34. The average molecular weight is 386 g/mol. The minimum absolute atomic E-state index is 0.274. The lowest BCUT2D eigenvalue weighted by molar-refractivity contribution is -0.120. The fraction of sp³-hybridized carbons (Fsp3) is 0.235. The fourth-order valence-corrected chi connectivity index (χ4v) is 3.70. The van der Waals surface area contributed by atoms with Crippen LogP contribution in [0.5, 0.6) is 0 Å². The molecule has 0 aromatic heterocycles. The molecule has 24 heavy (non-hydrogen) atoms. The van der Waals surface area contributed by atoms with E-state index >= 15 is 0 Å². The topological polar surface area (TPSA) is 63.2 Å². The van der Waals surface area contributed by atoms with E-state index in [9.17, 15) is 13.2 Å². The van der Waals surface area contributed by atoms with Crippen molar-refractivity contribution >= 4 is 38.9 Å². The van der Waals surface area contributed by atoms with Gasteiger partial charge < -0.3 is 5.32 Å². The number of halogens is 2. The van der Waals surface area contributed by atoms with Gasteiger partial charge in [0.2, 0.25) is 5.91 Å². The summed E-state index contributed by atoms with van der Waals surface area (Å²) in [6.45, 7) is 1.67. The van der Waals surface area contributed by atoms with Crippen LogP contribution in [0, 0.1) is 0 Å². The van der Waals surface area contributed by atoms with Crippen LogP contribution in [0.25, 0.3) is 0 Å². The van der Waals surface area contributed by atoms with Gasteiger partial charge in [0, 0.05) is 6.54 Å². The standard InChI is InChI=1S/C17H17Cl2NO3S/c1-12(17(21)20-10-13-5-3-2-4-6-13)24(22,23)11-14-7-8-15(18)16(19)9-14/h2-9,12H,10-11H2,1H3,(H,20,21). The highest BCUT2D eigenvalue weighted by Gasteiger charge is 2.28. The molecule has 1 amide bonds. The molecule has 1 atom stereocenters. The van der Waals surface area contributed by atoms with Crippen LogP contribution < -0.4 is 5.32 Å². The molecule has 4 nitrogen and oxygen atoms in total. The fourth-order valence-electron chi connectivity index (χ4n) is 2.08. The van der Waals surface area contributed by atoms with E-state index in [1.165, 1.54) is 19.1 Å². The third-order valence-electron chi connectivity index (χ3n) is 3.57. The number of carbonyl (C=O) groups excluding carboxylic acids is 1. The Hall–Kier alpha value is -1.56. The van der Waals surface area contributed by atoms with Crippen LogP contribution in [0.2, 0.25) is 10.0 Å². The van der Waals surface area contributed by atoms with Crippen LogP contribution in [0.3, 0.4) is 0 Å². The zero-order valence-corrected chi connectivity index (χ0v) is 15.3. The maximum absolute atomic E-state index is 12.4. The maximum Gasteiger partial charge on any atom is 0.238 e. The summed E-state index contributed by atoms with van der Waals surface area (Å²) in [6, 6.07) is 13.9. The molecule has 0 spiro atoms. The van der Waals surface area contributed by atoms with Crippen molar-refractivity contribution in [3.63, 3.8) is 0 Å². The quantitative estimate of drug-likeness (QED) is 0.825. The summed E-state index contributed by atoms with van der Waals surface area (Å²) in [7, 11) is -3.66. The Labute approximate surface area is 151 Å². The van der Waals surface area contributed by atoms with Crippen LogP contribution in [-0.4, -0.2) is 19.6 Å². The third kappa shape index (κ3) is 4.97. The molecule has 2 rings (SSSR count). The summed E-state index contributed by atoms with van der Waals surface area (Å²) >= 11 is 11.7. The zero-order chi connectivity index (χ0) is 17.7. The van der Waals surface area contributed by atoms with Crippen molar-refractivity contribution in [2.75, 3.05) is 0 Å². The van der Waals surface area contributed by atoms with E-state index in [2.05, 4.69) is 5.32 Å². The first-order valence-corrected chi connectivity index (χ1v) is 9.74. The molecule has 128 valence electrons. The van der Waals surface area contributed by atoms with Gasteiger partial charge in [-0.15, -0.1) is 0 Å². The number of benzene rings is 2. The first kappa shape index (κ1) is 18.8. The van der Waals surface area contributed by atoms with E-state index in [0.29, 0.717) is 10.6 Å². The number of nitrogens with one attached hydrogen (secondary N) is 1. The first-order chi connectivity index (χ1) is 11.3. The Balaban J connectivity index is 2.02. The lowest BCUT2D eigenvalue weighted by Gasteiger charge is -2.14. The molecule has 0 aliphatic carbocycles. The SMILES string of the molecule is CC(C(=O)NCc1ccccc1)S(=O)(=O)Cc1ccc(Cl)c(Cl)c1. The number of carbonyl (C=O) groups is 1. The minimum atomic E-state index is -3.66. The Bertz CT molecular complexity index is 823. The Morgan fingerprint density at radius 2 is 1.71 bits per heavy atom. The van der Waals surface area contributed by atoms with Gasteiger partial charge >= 0.3 is 0 Å². The van der Waals surface area contributed by atoms with Gasteiger partial charge in [0.05, 0.1) is 15.8 Å². The number of sulfone groups is 1. The second-order valence-electron chi connectivity index (χ2n) is 5.40. The summed E-state index contributed by atoms with van der Waals surface area (Å²) in [5.74, 6) is -0.803. The maximum atomic E-state index is 12.4. The van der Waals surface area contributed by atoms with Crippen molar-refractivity contribution < 1.29 is 13.2 Å². The Morgan fingerprint density at radius 1 is 1.04 bits per heavy atom. The van der Waals surface area contributed by atoms with Crippen LogP contribution in [0.15, 0.2) is 48.5 Å². The van der Waals surface area contributed by atoms with Crippen molar-refractivity contribution in [3.05, 3.63) is 69.7 Å². The van der Waals surface area contributed by atoms with Crippen molar-refractivity contribution in [1.82, 2.24) is 5.32 Å². The first-order valence-electron chi connectivity index (χ1n) is 7.27. The Kier molecular flexibility index (Phi) is 6.27. The van der Waals surface area contributed by atoms with Gasteiger partial charge in [-0.25, -0.2) is 8.42 Å². The highest BCUT2D eigenvalue weighted by atomic mass is 35.5. The van der Waals surface area contributed by atoms with E-state index in [0.717, 1.165) is 5.56 Å². The molecule has 2 aromatic carbocycles. The summed E-state index contributed by atoms with van der Waals surface area (Å²) in [4.78, 5) is 12.1. The molecule has 0 saturated heterocycles. The predicted octanol–water partition coefficient (Wildman–Crippen LogP) is 3.61. The molecule has 0 radical (unpaired) electrons. The predicted molar refractivity (Wildman–Crippen MR) is 96.8 cm³/mol. The molecule has 0 heterocycles. The summed E-state index contributed by atoms with van der Waals surface area (Å²) in [6.07, 6.45) is 0. The number of hydrogen-bond donors (Lipinski definition) is 1. The van der Waals surface area contributed by atoms with Gasteiger partial charge in [0.15, 0.2) is 9.84 Å². The second-order valence-corrected chi connectivity index (χ2v) is 8.54. The van der Waals surface area contributed by atoms with E-state index < -0.39 is 21.0 Å². The van der Waals surface area contributed by atoms with Gasteiger partial charge in [-0.2, -0.15) is 0 Å². The molecule has 0 fully saturated rings. The summed E-state index contributed by atoms with van der Waals surface area (Å²) in [5, 5.41) is 2.13. The largest absolute Gasteiger partial charge is 0.351 e. The molecule has 1 unspecified atom stereocenters. The van der Waals surface area contributed by atoms with E-state index in [-0.39, 0.29) is 17.3 Å². The van der Waals surface area contributed by atoms with Crippen molar-refractivity contribution in [3.8, 4) is 0 Å². The van der Waals surface area contributed by atoms with E-state index in [1.54, 1.807) is 6.07 Å². The molecule has 0 aliphatic rings. The molecule has 0 aliphatic heterocycles. The normalized spacial score (nSPS) is 12.6. The number of amides is 1. The molecule has 0 saturated carbocycles. The summed E-state index contributed by atoms with van der Waals surface area (Å²) in [5.41, 5.74) is 1.40. The van der Waals surface area contributed by atoms with Gasteiger partial charge in [0.25, 0.3) is 0 Å². The monoisotopic (exact) mass is 385 g/mol. The second kappa shape index (κ2) is 8.01. The Morgan fingerprint density at radius 3 is 2.33 bits per heavy atom. The number of rotatable bonds is 6. The molecule has 7 heteroatoms. The smallest absolute Gasteiger partial charge is 0.238 e. The highest BCUT2D eigenvalue weighted by Crippen LogP contribution is 2.24. The molecule has 1 N–H and O–H groups in total. The lowest BCUT2D eigenvalue weighted by atomic mass is 10.2. The molecule has 2 aromatic rings. The minimum Gasteiger partial charge on any atom is -0.351 e. The van der Waals surface area contributed by atoms with Crippen molar-refractivity contribution in [2.24, 2.45) is 0 Å². The van der Waals surface area contributed by atoms with Crippen LogP contribution in [-0.2, 0) is 26.9 Å². The van der Waals surface area contributed by atoms with E-state index in [4.69, 9.17) is 23.2 Å². The average Bonchev–Trinajstić information content (AvgIpc) is 2.56. The molecular formula is C17H17Cl2NO3S. The molecular weight excluding hydrogens is 369 g/mol. The number of hydrogen-bond acceptors (Lipinski definition) is 3. The van der Waals surface area contributed by atoms with Gasteiger partial charge in [-0.1, -0.05) is 59.6 Å². The van der Waals surface area contributed by atoms with Gasteiger partial charge in [0.1, 0.15) is 5.25 Å². The van der Waals surface area contributed by atoms with Crippen LogP contribution in [0.4, 0.5) is 0 Å². The van der Waals surface area contributed by atoms with Gasteiger partial charge in [-0.05, 0) is 30.2 Å². The van der Waals surface area contributed by atoms with Crippen LogP contribution in [0.1, 0.15) is 18.1 Å². The van der Waals surface area contributed by atoms with Crippen LogP contribution >= 0.6 is 23.2 Å². The highest BCUT2D eigenvalue weighted by molar-refractivity contribution is 7.92. The molecule has 0 bridgehead atoms. The van der Waals surface area contributed by atoms with Crippen molar-refractivity contribution in [1.29, 1.82) is 0 Å². The summed E-state index contributed by atoms with van der Waals surface area (Å²) < 4.78 is 24.8. The van der Waals surface area contributed by atoms with E-state index in [1.807, 2.05) is 30.3 Å². The lowest BCUT2D eigenvalue weighted by Crippen LogP contribution is -2.38. The van der Waals surface area contributed by atoms with Gasteiger partial charge in [-0.3, -0.25) is 4.79 Å².